The number of esters is 1. The number of carbonyl (C=O) groups is 2. The number of rotatable bonds is 11. The third-order valence-corrected chi connectivity index (χ3v) is 5.64. The summed E-state index contributed by atoms with van der Waals surface area (Å²) in [4.78, 5) is 34.2. The number of carbonyl (C=O) groups excluding carboxylic acids is 2. The molecule has 16 heteroatoms. The van der Waals surface area contributed by atoms with Crippen LogP contribution < -0.4 is 20.9 Å². The molecule has 1 aliphatic rings. The van der Waals surface area contributed by atoms with E-state index in [0.717, 1.165) is 5.69 Å². The molecular weight excluding hydrogens is 549 g/mol. The van der Waals surface area contributed by atoms with Gasteiger partial charge in [0.2, 0.25) is 5.95 Å². The maximum absolute atomic E-state index is 12.4. The van der Waals surface area contributed by atoms with Crippen LogP contribution >= 0.6 is 0 Å². The minimum absolute atomic E-state index is 0.230. The number of halogens is 3. The van der Waals surface area contributed by atoms with Gasteiger partial charge in [0.25, 0.3) is 5.91 Å². The van der Waals surface area contributed by atoms with E-state index in [1.54, 1.807) is 42.5 Å². The summed E-state index contributed by atoms with van der Waals surface area (Å²) in [6.07, 6.45) is -0.106. The molecule has 41 heavy (non-hydrogen) atoms. The number of amides is 1. The molecule has 3 aromatic rings. The second-order valence-electron chi connectivity index (χ2n) is 8.60. The number of morpholine rings is 1. The first-order valence-corrected chi connectivity index (χ1v) is 12.3. The van der Waals surface area contributed by atoms with Crippen molar-refractivity contribution < 1.29 is 37.0 Å². The predicted octanol–water partition coefficient (Wildman–Crippen LogP) is 3.20. The third kappa shape index (κ3) is 8.15. The Balaban J connectivity index is 1.46. The van der Waals surface area contributed by atoms with Crippen molar-refractivity contribution in [1.29, 1.82) is 0 Å². The van der Waals surface area contributed by atoms with Gasteiger partial charge < -0.3 is 35.1 Å². The number of methoxy groups -OCH3 is 1. The fraction of sp³-hybridized carbons (Fsp3) is 0.320. The van der Waals surface area contributed by atoms with Gasteiger partial charge in [-0.2, -0.15) is 23.3 Å². The molecule has 3 N–H and O–H groups in total. The summed E-state index contributed by atoms with van der Waals surface area (Å²) in [6, 6.07) is 6.25. The smallest absolute Gasteiger partial charge is 0.415 e. The highest BCUT2D eigenvalue weighted by Gasteiger charge is 2.42. The summed E-state index contributed by atoms with van der Waals surface area (Å²) in [5.41, 5.74) is 2.26. The van der Waals surface area contributed by atoms with Crippen molar-refractivity contribution in [3.63, 3.8) is 0 Å². The Morgan fingerprint density at radius 2 is 1.78 bits per heavy atom. The number of nitrogens with zero attached hydrogens (tertiary/aromatic N) is 5. The lowest BCUT2D eigenvalue weighted by Gasteiger charge is -2.30. The lowest BCUT2D eigenvalue weighted by molar-refractivity contribution is -0.195. The number of ether oxygens (including phenoxy) is 3. The summed E-state index contributed by atoms with van der Waals surface area (Å²) < 4.78 is 53.3. The van der Waals surface area contributed by atoms with E-state index >= 15 is 0 Å². The van der Waals surface area contributed by atoms with Gasteiger partial charge in [-0.25, -0.2) is 9.78 Å². The zero-order valence-electron chi connectivity index (χ0n) is 21.9. The number of hydrogen-bond donors (Lipinski definition) is 3. The fourth-order valence-electron chi connectivity index (χ4n) is 3.62. The highest BCUT2D eigenvalue weighted by atomic mass is 19.4. The molecule has 3 heterocycles. The predicted molar refractivity (Wildman–Crippen MR) is 142 cm³/mol. The van der Waals surface area contributed by atoms with E-state index in [4.69, 9.17) is 9.47 Å². The molecule has 0 bridgehead atoms. The van der Waals surface area contributed by atoms with E-state index in [1.165, 1.54) is 12.1 Å². The summed E-state index contributed by atoms with van der Waals surface area (Å²) in [6.45, 7) is 6.57. The third-order valence-electron chi connectivity index (χ3n) is 5.64. The highest BCUT2D eigenvalue weighted by Crippen LogP contribution is 2.29. The van der Waals surface area contributed by atoms with Crippen LogP contribution in [0, 0.1) is 0 Å². The first kappa shape index (κ1) is 29.3. The first-order valence-electron chi connectivity index (χ1n) is 12.3. The van der Waals surface area contributed by atoms with Crippen molar-refractivity contribution in [2.24, 2.45) is 0 Å². The monoisotopic (exact) mass is 576 g/mol. The minimum atomic E-state index is -5.25. The Kier molecular flexibility index (Phi) is 9.36. The van der Waals surface area contributed by atoms with Crippen LogP contribution in [0.15, 0.2) is 55.2 Å². The Morgan fingerprint density at radius 3 is 2.46 bits per heavy atom. The lowest BCUT2D eigenvalue weighted by atomic mass is 10.2. The molecule has 0 aliphatic carbocycles. The summed E-state index contributed by atoms with van der Waals surface area (Å²) in [5.74, 6) is -3.80. The van der Waals surface area contributed by atoms with Crippen molar-refractivity contribution in [3.05, 3.63) is 55.2 Å². The number of benzene rings is 1. The van der Waals surface area contributed by atoms with Crippen molar-refractivity contribution in [2.75, 3.05) is 60.9 Å². The molecule has 218 valence electrons. The molecule has 1 aromatic carbocycles. The quantitative estimate of drug-likeness (QED) is 0.176. The van der Waals surface area contributed by atoms with Gasteiger partial charge >= 0.3 is 12.1 Å². The maximum atomic E-state index is 12.4. The molecule has 0 radical (unpaired) electrons. The largest absolute Gasteiger partial charge is 0.491 e. The van der Waals surface area contributed by atoms with E-state index in [2.05, 4.69) is 47.2 Å². The highest BCUT2D eigenvalue weighted by molar-refractivity contribution is 6.03. The van der Waals surface area contributed by atoms with Crippen LogP contribution in [-0.2, 0) is 30.3 Å². The van der Waals surface area contributed by atoms with Gasteiger partial charge in [0, 0.05) is 37.8 Å². The lowest BCUT2D eigenvalue weighted by Crippen LogP contribution is -2.36. The Bertz CT molecular complexity index is 1370. The van der Waals surface area contributed by atoms with E-state index < -0.39 is 23.8 Å². The molecule has 2 aromatic heterocycles. The van der Waals surface area contributed by atoms with E-state index in [9.17, 15) is 22.8 Å². The average Bonchev–Trinajstić information content (AvgIpc) is 3.40. The minimum Gasteiger partial charge on any atom is -0.415 e. The van der Waals surface area contributed by atoms with Gasteiger partial charge in [0.1, 0.15) is 0 Å². The van der Waals surface area contributed by atoms with Crippen LogP contribution in [-0.4, -0.2) is 77.8 Å². The van der Waals surface area contributed by atoms with Gasteiger partial charge in [0.05, 0.1) is 50.1 Å². The van der Waals surface area contributed by atoms with Crippen LogP contribution in [0.4, 0.5) is 47.7 Å². The first-order chi connectivity index (χ1) is 19.6. The molecule has 1 saturated heterocycles. The molecule has 0 spiro atoms. The Hall–Kier alpha value is -4.70. The van der Waals surface area contributed by atoms with Gasteiger partial charge in [-0.05, 0) is 24.3 Å². The molecule has 0 atom stereocenters. The molecule has 0 unspecified atom stereocenters. The Labute approximate surface area is 232 Å². The number of hydrogen-bond acceptors (Lipinski definition) is 11. The zero-order chi connectivity index (χ0) is 29.4. The van der Waals surface area contributed by atoms with Crippen LogP contribution in [0.2, 0.25) is 0 Å². The SMILES string of the molecule is C=C(OC(=O)C(F)(F)F)C(=O)Nc1ccc(Nc2nc(Nc3cnn(CCOC)c3)ncc2N2CCOCC2)cc1. The molecule has 0 saturated carbocycles. The summed E-state index contributed by atoms with van der Waals surface area (Å²) >= 11 is 0. The van der Waals surface area contributed by atoms with Crippen molar-refractivity contribution in [1.82, 2.24) is 19.7 Å². The van der Waals surface area contributed by atoms with Gasteiger partial charge in [0.15, 0.2) is 11.6 Å². The topological polar surface area (TPSA) is 145 Å². The van der Waals surface area contributed by atoms with Crippen LogP contribution in [0.25, 0.3) is 0 Å². The second kappa shape index (κ2) is 13.1. The number of alkyl halides is 3. The van der Waals surface area contributed by atoms with E-state index in [-0.39, 0.29) is 5.69 Å². The second-order valence-corrected chi connectivity index (χ2v) is 8.60. The molecule has 13 nitrogen and oxygen atoms in total. The van der Waals surface area contributed by atoms with Crippen molar-refractivity contribution >= 4 is 46.4 Å². The van der Waals surface area contributed by atoms with Crippen LogP contribution in [0.5, 0.6) is 0 Å². The van der Waals surface area contributed by atoms with Crippen LogP contribution in [0.1, 0.15) is 0 Å². The van der Waals surface area contributed by atoms with Crippen molar-refractivity contribution in [3.8, 4) is 0 Å². The fourth-order valence-corrected chi connectivity index (χ4v) is 3.62. The van der Waals surface area contributed by atoms with E-state index in [0.29, 0.717) is 62.6 Å². The molecule has 1 amide bonds. The number of anilines is 6. The maximum Gasteiger partial charge on any atom is 0.491 e. The Morgan fingerprint density at radius 1 is 1.07 bits per heavy atom. The number of aromatic nitrogens is 4. The molecular formula is C25H27F3N8O5. The summed E-state index contributed by atoms with van der Waals surface area (Å²) in [7, 11) is 1.61. The van der Waals surface area contributed by atoms with Crippen LogP contribution in [0.3, 0.4) is 0 Å². The van der Waals surface area contributed by atoms with Gasteiger partial charge in [-0.3, -0.25) is 9.48 Å². The normalized spacial score (nSPS) is 13.4. The van der Waals surface area contributed by atoms with Gasteiger partial charge in [-0.15, -0.1) is 0 Å². The molecule has 1 aliphatic heterocycles. The summed E-state index contributed by atoms with van der Waals surface area (Å²) in [5, 5.41) is 13.0. The van der Waals surface area contributed by atoms with Crippen molar-refractivity contribution in [2.45, 2.75) is 12.7 Å². The van der Waals surface area contributed by atoms with E-state index in [1.807, 2.05) is 0 Å². The zero-order valence-corrected chi connectivity index (χ0v) is 21.9. The number of nitrogens with one attached hydrogen (secondary N) is 3. The standard InChI is InChI=1S/C25H27F3N8O5/c1-16(41-23(38)25(26,27)28)22(37)32-18-5-3-17(4-6-18)31-21-20(35-7-11-40-12-8-35)14-29-24(34-21)33-19-13-30-36(15-19)9-10-39-2/h3-6,13-15H,1,7-12H2,2H3,(H,32,37)(H2,29,31,33,34). The molecule has 1 fully saturated rings. The average molecular weight is 577 g/mol. The van der Waals surface area contributed by atoms with Gasteiger partial charge in [-0.1, -0.05) is 6.58 Å². The molecule has 4 rings (SSSR count).